The van der Waals surface area contributed by atoms with Crippen molar-refractivity contribution in [2.75, 3.05) is 5.32 Å². The molecule has 1 fully saturated rings. The molecule has 0 radical (unpaired) electrons. The highest BCUT2D eigenvalue weighted by Crippen LogP contribution is 2.30. The molecule has 4 heteroatoms. The van der Waals surface area contributed by atoms with Gasteiger partial charge in [-0.1, -0.05) is 36.8 Å². The lowest BCUT2D eigenvalue weighted by Crippen LogP contribution is -2.31. The summed E-state index contributed by atoms with van der Waals surface area (Å²) in [4.78, 5) is 12.3. The molecular formula is C18H23N3O. The third-order valence-corrected chi connectivity index (χ3v) is 4.14. The largest absolute Gasteiger partial charge is 0.311 e. The Hall–Kier alpha value is -2.10. The summed E-state index contributed by atoms with van der Waals surface area (Å²) in [6.45, 7) is 6.27. The molecular weight excluding hydrogens is 274 g/mol. The number of benzene rings is 1. The first-order valence-corrected chi connectivity index (χ1v) is 7.92. The standard InChI is InChI=1S/C18H23N3O/c1-18(2,3)21-16(19-17(22)14-10-7-11-14)12-15(20-21)13-8-5-4-6-9-13/h4-6,8-9,12,14H,7,10-11H2,1-3H3,(H,19,22). The SMILES string of the molecule is CC(C)(C)n1nc(-c2ccccc2)cc1NC(=O)C1CCC1. The van der Waals surface area contributed by atoms with Crippen molar-refractivity contribution in [2.45, 2.75) is 45.6 Å². The number of carbonyl (C=O) groups is 1. The molecule has 0 bridgehead atoms. The van der Waals surface area contributed by atoms with Crippen LogP contribution in [0.3, 0.4) is 0 Å². The Bertz CT molecular complexity index is 663. The molecule has 1 heterocycles. The Balaban J connectivity index is 1.93. The Morgan fingerprint density at radius 3 is 2.45 bits per heavy atom. The fraction of sp³-hybridized carbons (Fsp3) is 0.444. The molecule has 1 aromatic carbocycles. The van der Waals surface area contributed by atoms with Crippen LogP contribution in [-0.4, -0.2) is 15.7 Å². The molecule has 0 aliphatic heterocycles. The topological polar surface area (TPSA) is 46.9 Å². The minimum absolute atomic E-state index is 0.122. The Labute approximate surface area is 131 Å². The lowest BCUT2D eigenvalue weighted by Gasteiger charge is -2.26. The first kappa shape index (κ1) is 14.8. The molecule has 1 aliphatic rings. The molecule has 0 spiro atoms. The summed E-state index contributed by atoms with van der Waals surface area (Å²) in [5, 5.41) is 7.78. The summed E-state index contributed by atoms with van der Waals surface area (Å²) in [7, 11) is 0. The number of nitrogens with one attached hydrogen (secondary N) is 1. The van der Waals surface area contributed by atoms with Gasteiger partial charge in [0.2, 0.25) is 5.91 Å². The van der Waals surface area contributed by atoms with Gasteiger partial charge in [-0.25, -0.2) is 4.68 Å². The Morgan fingerprint density at radius 1 is 1.23 bits per heavy atom. The number of amides is 1. The maximum absolute atomic E-state index is 12.3. The lowest BCUT2D eigenvalue weighted by atomic mass is 9.85. The van der Waals surface area contributed by atoms with Crippen LogP contribution in [0.5, 0.6) is 0 Å². The molecule has 22 heavy (non-hydrogen) atoms. The predicted molar refractivity (Wildman–Crippen MR) is 88.6 cm³/mol. The molecule has 1 N–H and O–H groups in total. The van der Waals surface area contributed by atoms with Crippen LogP contribution in [0, 0.1) is 5.92 Å². The molecule has 2 aromatic rings. The van der Waals surface area contributed by atoms with E-state index in [2.05, 4.69) is 26.1 Å². The van der Waals surface area contributed by atoms with Crippen molar-refractivity contribution in [3.63, 3.8) is 0 Å². The van der Waals surface area contributed by atoms with E-state index in [9.17, 15) is 4.79 Å². The van der Waals surface area contributed by atoms with Gasteiger partial charge in [-0.3, -0.25) is 4.79 Å². The van der Waals surface area contributed by atoms with Crippen molar-refractivity contribution in [1.82, 2.24) is 9.78 Å². The van der Waals surface area contributed by atoms with Crippen LogP contribution >= 0.6 is 0 Å². The molecule has 0 saturated heterocycles. The first-order chi connectivity index (χ1) is 10.4. The van der Waals surface area contributed by atoms with Crippen LogP contribution in [0.4, 0.5) is 5.82 Å². The first-order valence-electron chi connectivity index (χ1n) is 7.92. The lowest BCUT2D eigenvalue weighted by molar-refractivity contribution is -0.122. The van der Waals surface area contributed by atoms with Crippen molar-refractivity contribution in [3.8, 4) is 11.3 Å². The molecule has 0 atom stereocenters. The average molecular weight is 297 g/mol. The van der Waals surface area contributed by atoms with E-state index in [0.717, 1.165) is 36.3 Å². The van der Waals surface area contributed by atoms with E-state index in [1.165, 1.54) is 0 Å². The van der Waals surface area contributed by atoms with E-state index >= 15 is 0 Å². The van der Waals surface area contributed by atoms with Crippen LogP contribution < -0.4 is 5.32 Å². The van der Waals surface area contributed by atoms with Crippen molar-refractivity contribution in [1.29, 1.82) is 0 Å². The normalized spacial score (nSPS) is 15.4. The van der Waals surface area contributed by atoms with E-state index in [1.807, 2.05) is 41.1 Å². The zero-order valence-electron chi connectivity index (χ0n) is 13.5. The number of hydrogen-bond donors (Lipinski definition) is 1. The summed E-state index contributed by atoms with van der Waals surface area (Å²) in [6.07, 6.45) is 3.16. The van der Waals surface area contributed by atoms with E-state index in [1.54, 1.807) is 0 Å². The molecule has 1 aromatic heterocycles. The van der Waals surface area contributed by atoms with Gasteiger partial charge in [0, 0.05) is 17.5 Å². The van der Waals surface area contributed by atoms with Gasteiger partial charge in [-0.15, -0.1) is 0 Å². The molecule has 3 rings (SSSR count). The summed E-state index contributed by atoms with van der Waals surface area (Å²) >= 11 is 0. The number of nitrogens with zero attached hydrogens (tertiary/aromatic N) is 2. The van der Waals surface area contributed by atoms with Crippen molar-refractivity contribution < 1.29 is 4.79 Å². The van der Waals surface area contributed by atoms with Crippen LogP contribution in [-0.2, 0) is 10.3 Å². The quantitative estimate of drug-likeness (QED) is 0.929. The highest BCUT2D eigenvalue weighted by Gasteiger charge is 2.28. The highest BCUT2D eigenvalue weighted by molar-refractivity contribution is 5.92. The summed E-state index contributed by atoms with van der Waals surface area (Å²) in [5.74, 6) is 1.07. The molecule has 1 aliphatic carbocycles. The van der Waals surface area contributed by atoms with Gasteiger partial charge >= 0.3 is 0 Å². The fourth-order valence-corrected chi connectivity index (χ4v) is 2.63. The van der Waals surface area contributed by atoms with E-state index < -0.39 is 0 Å². The monoisotopic (exact) mass is 297 g/mol. The second-order valence-electron chi connectivity index (χ2n) is 6.98. The second-order valence-corrected chi connectivity index (χ2v) is 6.98. The highest BCUT2D eigenvalue weighted by atomic mass is 16.2. The number of rotatable bonds is 3. The van der Waals surface area contributed by atoms with E-state index in [-0.39, 0.29) is 17.4 Å². The van der Waals surface area contributed by atoms with Crippen LogP contribution in [0.25, 0.3) is 11.3 Å². The van der Waals surface area contributed by atoms with Gasteiger partial charge in [0.1, 0.15) is 5.82 Å². The minimum atomic E-state index is -0.185. The average Bonchev–Trinajstić information content (AvgIpc) is 2.81. The van der Waals surface area contributed by atoms with E-state index in [0.29, 0.717) is 0 Å². The number of aromatic nitrogens is 2. The van der Waals surface area contributed by atoms with Crippen molar-refractivity contribution in [3.05, 3.63) is 36.4 Å². The number of anilines is 1. The summed E-state index contributed by atoms with van der Waals surface area (Å²) in [6, 6.07) is 12.0. The van der Waals surface area contributed by atoms with Gasteiger partial charge in [0.05, 0.1) is 11.2 Å². The van der Waals surface area contributed by atoms with Gasteiger partial charge in [-0.05, 0) is 33.6 Å². The molecule has 0 unspecified atom stereocenters. The second kappa shape index (κ2) is 5.59. The molecule has 116 valence electrons. The number of carbonyl (C=O) groups excluding carboxylic acids is 1. The molecule has 1 amide bonds. The van der Waals surface area contributed by atoms with Crippen molar-refractivity contribution >= 4 is 11.7 Å². The summed E-state index contributed by atoms with van der Waals surface area (Å²) in [5.41, 5.74) is 1.76. The van der Waals surface area contributed by atoms with Gasteiger partial charge in [0.25, 0.3) is 0 Å². The molecule has 1 saturated carbocycles. The fourth-order valence-electron chi connectivity index (χ4n) is 2.63. The van der Waals surface area contributed by atoms with Gasteiger partial charge < -0.3 is 5.32 Å². The zero-order valence-corrected chi connectivity index (χ0v) is 13.5. The van der Waals surface area contributed by atoms with Crippen molar-refractivity contribution in [2.24, 2.45) is 5.92 Å². The Kier molecular flexibility index (Phi) is 3.77. The number of hydrogen-bond acceptors (Lipinski definition) is 2. The van der Waals surface area contributed by atoms with E-state index in [4.69, 9.17) is 5.10 Å². The Morgan fingerprint density at radius 2 is 1.91 bits per heavy atom. The predicted octanol–water partition coefficient (Wildman–Crippen LogP) is 4.04. The van der Waals surface area contributed by atoms with Crippen LogP contribution in [0.1, 0.15) is 40.0 Å². The molecule has 4 nitrogen and oxygen atoms in total. The zero-order chi connectivity index (χ0) is 15.7. The van der Waals surface area contributed by atoms with Crippen LogP contribution in [0.2, 0.25) is 0 Å². The maximum atomic E-state index is 12.3. The third-order valence-electron chi connectivity index (χ3n) is 4.14. The van der Waals surface area contributed by atoms with Crippen LogP contribution in [0.15, 0.2) is 36.4 Å². The third kappa shape index (κ3) is 2.91. The maximum Gasteiger partial charge on any atom is 0.228 e. The smallest absolute Gasteiger partial charge is 0.228 e. The van der Waals surface area contributed by atoms with Gasteiger partial charge in [0.15, 0.2) is 0 Å². The minimum Gasteiger partial charge on any atom is -0.311 e. The summed E-state index contributed by atoms with van der Waals surface area (Å²) < 4.78 is 1.91. The van der Waals surface area contributed by atoms with Gasteiger partial charge in [-0.2, -0.15) is 5.10 Å².